The molecule has 0 atom stereocenters. The quantitative estimate of drug-likeness (QED) is 0.161. The number of carboxylic acids is 5. The third kappa shape index (κ3) is 43.8. The van der Waals surface area contributed by atoms with E-state index in [1.165, 1.54) is 0 Å². The van der Waals surface area contributed by atoms with Crippen molar-refractivity contribution in [2.45, 2.75) is 31.3 Å². The van der Waals surface area contributed by atoms with Crippen LogP contribution >= 0.6 is 37.2 Å². The van der Waals surface area contributed by atoms with Crippen molar-refractivity contribution in [2.75, 3.05) is 0 Å². The van der Waals surface area contributed by atoms with E-state index in [9.17, 15) is 24.0 Å². The second kappa shape index (κ2) is 33.7. The van der Waals surface area contributed by atoms with E-state index in [1.807, 2.05) is 0 Å². The molecule has 10 N–H and O–H groups in total. The summed E-state index contributed by atoms with van der Waals surface area (Å²) in [7, 11) is 0. The number of halogens is 3. The van der Waals surface area contributed by atoms with E-state index >= 15 is 0 Å². The maximum absolute atomic E-state index is 10.3. The van der Waals surface area contributed by atoms with E-state index < -0.39 is 48.3 Å². The minimum atomic E-state index is -2.74. The number of hydrogen-bond donors (Lipinski definition) is 6. The summed E-state index contributed by atoms with van der Waals surface area (Å²) in [6, 6.07) is 0. The Balaban J connectivity index is -0.0000000159. The fourth-order valence-corrected chi connectivity index (χ4v) is 0.928. The summed E-state index contributed by atoms with van der Waals surface area (Å²) >= 11 is 0. The third-order valence-corrected chi connectivity index (χ3v) is 1.84. The molecule has 0 bridgehead atoms. The van der Waals surface area contributed by atoms with Crippen LogP contribution in [0.25, 0.3) is 0 Å². The van der Waals surface area contributed by atoms with Crippen molar-refractivity contribution in [2.24, 2.45) is 0 Å². The first-order valence-electron chi connectivity index (χ1n) is 5.23. The van der Waals surface area contributed by atoms with Crippen LogP contribution < -0.4 is 88.7 Å². The van der Waals surface area contributed by atoms with Crippen molar-refractivity contribution in [3.05, 3.63) is 0 Å². The van der Waals surface area contributed by atoms with E-state index in [0.29, 0.717) is 0 Å². The molecule has 166 valence electrons. The van der Waals surface area contributed by atoms with E-state index in [0.717, 1.165) is 0 Å². The molecule has 0 aliphatic rings. The van der Waals surface area contributed by atoms with Gasteiger partial charge < -0.3 is 45.9 Å². The molecule has 0 spiro atoms. The van der Waals surface area contributed by atoms with Crippen LogP contribution in [0.3, 0.4) is 0 Å². The SMILES string of the molecule is Cl.Cl.Cl.O.O.O=C(O)CC(O)(CC(=O)O)C(=O)O.O=C(O)CCC(=O)O.[H-].[H-].[H-].[Na+].[Na+].[Na+]. The maximum Gasteiger partial charge on any atom is 1.00 e. The van der Waals surface area contributed by atoms with Crippen LogP contribution in [0.5, 0.6) is 0 Å². The zero-order valence-electron chi connectivity index (χ0n) is 18.8. The molecule has 13 nitrogen and oxygen atoms in total. The second-order valence-electron chi connectivity index (χ2n) is 3.77. The van der Waals surface area contributed by atoms with E-state index in [1.54, 1.807) is 0 Å². The second-order valence-corrected chi connectivity index (χ2v) is 3.77. The molecule has 0 unspecified atom stereocenters. The van der Waals surface area contributed by atoms with Gasteiger partial charge in [0.2, 0.25) is 0 Å². The summed E-state index contributed by atoms with van der Waals surface area (Å²) in [6.07, 6.45) is -2.88. The zero-order chi connectivity index (χ0) is 17.2. The first-order chi connectivity index (χ1) is 9.40. The molecule has 0 saturated carbocycles. The van der Waals surface area contributed by atoms with Crippen LogP contribution in [-0.4, -0.2) is 77.0 Å². The third-order valence-electron chi connectivity index (χ3n) is 1.84. The van der Waals surface area contributed by atoms with Crippen molar-refractivity contribution >= 4 is 67.1 Å². The van der Waals surface area contributed by atoms with Gasteiger partial charge in [-0.05, 0) is 0 Å². The smallest absolute Gasteiger partial charge is 1.00 e. The molecule has 0 aliphatic carbocycles. The van der Waals surface area contributed by atoms with Gasteiger partial charge in [-0.1, -0.05) is 0 Å². The van der Waals surface area contributed by atoms with Gasteiger partial charge in [-0.25, -0.2) is 4.79 Å². The van der Waals surface area contributed by atoms with Crippen LogP contribution in [0.15, 0.2) is 0 Å². The van der Waals surface area contributed by atoms with Crippen molar-refractivity contribution in [1.29, 1.82) is 0 Å². The van der Waals surface area contributed by atoms with Crippen LogP contribution in [0.1, 0.15) is 30.0 Å². The van der Waals surface area contributed by atoms with Crippen molar-refractivity contribution in [1.82, 2.24) is 0 Å². The number of aliphatic carboxylic acids is 5. The Morgan fingerprint density at radius 3 is 0.897 bits per heavy atom. The predicted molar refractivity (Wildman–Crippen MR) is 93.9 cm³/mol. The predicted octanol–water partition coefficient (Wildman–Crippen LogP) is -10.3. The van der Waals surface area contributed by atoms with Gasteiger partial charge in [0, 0.05) is 0 Å². The molecule has 0 amide bonds. The van der Waals surface area contributed by atoms with Crippen LogP contribution in [0, 0.1) is 0 Å². The van der Waals surface area contributed by atoms with Gasteiger partial charge >= 0.3 is 119 Å². The summed E-state index contributed by atoms with van der Waals surface area (Å²) in [4.78, 5) is 49.8. The Morgan fingerprint density at radius 1 is 0.586 bits per heavy atom. The van der Waals surface area contributed by atoms with E-state index in [2.05, 4.69) is 0 Å². The molecule has 19 heteroatoms. The maximum atomic E-state index is 10.3. The molecular formula is C10H24Cl3Na3O13. The molecular weight excluding hydrogens is 503 g/mol. The molecule has 0 fully saturated rings. The Hall–Kier alpha value is 1.10. The Morgan fingerprint density at radius 2 is 0.793 bits per heavy atom. The largest absolute Gasteiger partial charge is 1.00 e. The summed E-state index contributed by atoms with van der Waals surface area (Å²) in [5, 5.41) is 49.6. The summed E-state index contributed by atoms with van der Waals surface area (Å²) in [6.45, 7) is 0. The Bertz CT molecular complexity index is 438. The number of carboxylic acid groups (broad SMARTS) is 5. The van der Waals surface area contributed by atoms with Gasteiger partial charge in [0.15, 0.2) is 5.60 Å². The van der Waals surface area contributed by atoms with Crippen LogP contribution in [-0.2, 0) is 24.0 Å². The van der Waals surface area contributed by atoms with Crippen molar-refractivity contribution < 1.29 is 159 Å². The van der Waals surface area contributed by atoms with Crippen molar-refractivity contribution in [3.8, 4) is 0 Å². The fourth-order valence-electron chi connectivity index (χ4n) is 0.928. The molecule has 0 heterocycles. The minimum Gasteiger partial charge on any atom is -1.00 e. The molecule has 0 aromatic rings. The fraction of sp³-hybridized carbons (Fsp3) is 0.500. The molecule has 0 aromatic heterocycles. The average Bonchev–Trinajstić information content (AvgIpc) is 2.24. The topological polar surface area (TPSA) is 270 Å². The van der Waals surface area contributed by atoms with Gasteiger partial charge in [0.1, 0.15) is 0 Å². The minimum absolute atomic E-state index is 0. The summed E-state index contributed by atoms with van der Waals surface area (Å²) in [5.41, 5.74) is -2.74. The average molecular weight is 528 g/mol. The summed E-state index contributed by atoms with van der Waals surface area (Å²) < 4.78 is 0. The molecule has 0 aromatic carbocycles. The molecule has 29 heavy (non-hydrogen) atoms. The van der Waals surface area contributed by atoms with Crippen LogP contribution in [0.2, 0.25) is 0 Å². The van der Waals surface area contributed by atoms with E-state index in [-0.39, 0.29) is 154 Å². The molecule has 0 saturated heterocycles. The Labute approximate surface area is 254 Å². The normalized spacial score (nSPS) is 7.21. The first-order valence-corrected chi connectivity index (χ1v) is 5.23. The van der Waals surface area contributed by atoms with Gasteiger partial charge in [-0.3, -0.25) is 19.2 Å². The number of hydrogen-bond acceptors (Lipinski definition) is 6. The monoisotopic (exact) mass is 526 g/mol. The number of rotatable bonds is 8. The van der Waals surface area contributed by atoms with Crippen LogP contribution in [0.4, 0.5) is 0 Å². The Kier molecular flexibility index (Phi) is 73.4. The zero-order valence-corrected chi connectivity index (χ0v) is 24.2. The number of carbonyl (C=O) groups is 5. The molecule has 0 rings (SSSR count). The molecule has 0 aliphatic heterocycles. The molecule has 0 radical (unpaired) electrons. The summed E-state index contributed by atoms with van der Waals surface area (Å²) in [5.74, 6) is -7.17. The standard InChI is InChI=1S/C6H8O7.C4H6O4.3ClH.3Na.2H2O.3H/c7-3(8)1-6(13,5(11)12)2-4(9)10;5-3(6)1-2-4(7)8;;;;;;;;;;;/h13H,1-2H2,(H,7,8)(H,9,10)(H,11,12);1-2H2,(H,5,6)(H,7,8);3*1H;;;;2*1H2;;;/q;;;;;3*+1;;;3*-1. The van der Waals surface area contributed by atoms with Gasteiger partial charge in [-0.15, -0.1) is 37.2 Å². The van der Waals surface area contributed by atoms with Gasteiger partial charge in [-0.2, -0.15) is 0 Å². The van der Waals surface area contributed by atoms with E-state index in [4.69, 9.17) is 30.6 Å². The van der Waals surface area contributed by atoms with Gasteiger partial charge in [0.05, 0.1) is 25.7 Å². The number of aliphatic hydroxyl groups is 1. The van der Waals surface area contributed by atoms with Gasteiger partial charge in [0.25, 0.3) is 0 Å². The first kappa shape index (κ1) is 63.1. The van der Waals surface area contributed by atoms with Crippen molar-refractivity contribution in [3.63, 3.8) is 0 Å².